The van der Waals surface area contributed by atoms with Gasteiger partial charge in [-0.05, 0) is 23.4 Å². The highest BCUT2D eigenvalue weighted by Crippen LogP contribution is 2.40. The average Bonchev–Trinajstić information content (AvgIpc) is 3.33. The Bertz CT molecular complexity index is 1510. The van der Waals surface area contributed by atoms with Gasteiger partial charge in [0.1, 0.15) is 17.7 Å². The lowest BCUT2D eigenvalue weighted by atomic mass is 10.0. The number of hydrogen-bond donors (Lipinski definition) is 5. The largest absolute Gasteiger partial charge is 0.461 e. The molecular formula is C31H36F6N4O4S. The van der Waals surface area contributed by atoms with E-state index in [2.05, 4.69) is 27.8 Å². The van der Waals surface area contributed by atoms with Gasteiger partial charge in [0.25, 0.3) is 0 Å². The SMILES string of the molecule is COCC(O)CN1CCC(Nc2cccc3c(CC(F)(F)F)c(C#CCNc4cc(F)c(NCCO)cc4OCF)sc23)C(F)C1. The lowest BCUT2D eigenvalue weighted by Gasteiger charge is -2.36. The van der Waals surface area contributed by atoms with E-state index >= 15 is 4.39 Å². The monoisotopic (exact) mass is 674 g/mol. The van der Waals surface area contributed by atoms with Crippen LogP contribution in [0.3, 0.4) is 0 Å². The fourth-order valence-electron chi connectivity index (χ4n) is 5.26. The van der Waals surface area contributed by atoms with E-state index in [1.54, 1.807) is 18.2 Å². The van der Waals surface area contributed by atoms with Gasteiger partial charge in [0.15, 0.2) is 0 Å². The zero-order valence-corrected chi connectivity index (χ0v) is 25.8. The zero-order chi connectivity index (χ0) is 33.3. The van der Waals surface area contributed by atoms with Crippen LogP contribution in [0.2, 0.25) is 0 Å². The highest BCUT2D eigenvalue weighted by molar-refractivity contribution is 7.20. The highest BCUT2D eigenvalue weighted by Gasteiger charge is 2.33. The van der Waals surface area contributed by atoms with E-state index in [0.29, 0.717) is 28.7 Å². The first kappa shape index (κ1) is 35.4. The summed E-state index contributed by atoms with van der Waals surface area (Å²) in [7, 11) is 1.47. The third-order valence-electron chi connectivity index (χ3n) is 7.27. The number of nitrogens with one attached hydrogen (secondary N) is 3. The molecule has 1 saturated heterocycles. The summed E-state index contributed by atoms with van der Waals surface area (Å²) in [5.74, 6) is 4.83. The van der Waals surface area contributed by atoms with Crippen LogP contribution in [0.1, 0.15) is 16.9 Å². The number of fused-ring (bicyclic) bond motifs is 1. The van der Waals surface area contributed by atoms with Gasteiger partial charge in [0.2, 0.25) is 6.86 Å². The van der Waals surface area contributed by atoms with Gasteiger partial charge in [0.05, 0.1) is 65.0 Å². The number of aliphatic hydroxyl groups excluding tert-OH is 2. The fraction of sp³-hybridized carbons (Fsp3) is 0.484. The molecule has 0 aliphatic carbocycles. The van der Waals surface area contributed by atoms with Crippen molar-refractivity contribution in [1.82, 2.24) is 4.90 Å². The number of rotatable bonds is 14. The van der Waals surface area contributed by atoms with E-state index in [1.807, 2.05) is 4.90 Å². The molecule has 2 aromatic carbocycles. The summed E-state index contributed by atoms with van der Waals surface area (Å²) >= 11 is 1.06. The molecule has 3 atom stereocenters. The number of benzene rings is 2. The first-order chi connectivity index (χ1) is 22.0. The number of aliphatic hydroxyl groups is 2. The van der Waals surface area contributed by atoms with Gasteiger partial charge in [-0.3, -0.25) is 4.90 Å². The summed E-state index contributed by atoms with van der Waals surface area (Å²) in [6, 6.07) is 6.57. The number of thiophene rings is 1. The van der Waals surface area contributed by atoms with Crippen LogP contribution in [-0.4, -0.2) is 99.5 Å². The van der Waals surface area contributed by atoms with Crippen molar-refractivity contribution in [2.75, 3.05) is 75.9 Å². The van der Waals surface area contributed by atoms with E-state index in [-0.39, 0.29) is 67.0 Å². The molecule has 252 valence electrons. The Labute approximate surface area is 266 Å². The second-order valence-electron chi connectivity index (χ2n) is 10.7. The van der Waals surface area contributed by atoms with E-state index in [4.69, 9.17) is 14.6 Å². The molecule has 0 bridgehead atoms. The van der Waals surface area contributed by atoms with Gasteiger partial charge in [-0.25, -0.2) is 13.2 Å². The molecule has 3 unspecified atom stereocenters. The molecule has 0 amide bonds. The molecule has 0 radical (unpaired) electrons. The third kappa shape index (κ3) is 9.55. The predicted octanol–water partition coefficient (Wildman–Crippen LogP) is 5.15. The van der Waals surface area contributed by atoms with Crippen LogP contribution in [0.5, 0.6) is 5.75 Å². The number of hydrogen-bond acceptors (Lipinski definition) is 9. The molecule has 4 rings (SSSR count). The van der Waals surface area contributed by atoms with Crippen LogP contribution in [0, 0.1) is 17.7 Å². The Morgan fingerprint density at radius 3 is 2.67 bits per heavy atom. The Kier molecular flexibility index (Phi) is 12.6. The molecule has 0 spiro atoms. The quantitative estimate of drug-likeness (QED) is 0.118. The van der Waals surface area contributed by atoms with Crippen molar-refractivity contribution in [3.63, 3.8) is 0 Å². The van der Waals surface area contributed by atoms with Crippen molar-refractivity contribution in [2.24, 2.45) is 0 Å². The molecule has 15 heteroatoms. The second-order valence-corrected chi connectivity index (χ2v) is 11.7. The number of anilines is 3. The lowest BCUT2D eigenvalue weighted by molar-refractivity contribution is -0.126. The molecular weight excluding hydrogens is 638 g/mol. The fourth-order valence-corrected chi connectivity index (χ4v) is 6.43. The molecule has 1 aliphatic rings. The molecule has 0 saturated carbocycles. The van der Waals surface area contributed by atoms with Gasteiger partial charge in [-0.15, -0.1) is 11.3 Å². The Hall–Kier alpha value is -3.42. The second kappa shape index (κ2) is 16.4. The molecule has 2 heterocycles. The third-order valence-corrected chi connectivity index (χ3v) is 8.46. The standard InChI is InChI=1S/C31H36F6N4O4S/c1-44-17-19(43)15-41-10-7-24(23(34)16-41)40-25-5-2-4-20-21(14-31(35,36)37)29(46-30(20)25)6-3-8-38-27-12-22(33)26(39-9-11-42)13-28(27)45-18-32/h2,4-5,12-13,19,23-24,38-40,42-43H,7-11,14-18H2,1H3. The molecule has 8 nitrogen and oxygen atoms in total. The number of methoxy groups -OCH3 is 1. The van der Waals surface area contributed by atoms with E-state index < -0.39 is 43.6 Å². The van der Waals surface area contributed by atoms with Crippen molar-refractivity contribution in [3.8, 4) is 17.6 Å². The minimum Gasteiger partial charge on any atom is -0.461 e. The van der Waals surface area contributed by atoms with Crippen molar-refractivity contribution in [2.45, 2.75) is 37.3 Å². The summed E-state index contributed by atoms with van der Waals surface area (Å²) in [5, 5.41) is 27.9. The van der Waals surface area contributed by atoms with E-state index in [1.165, 1.54) is 13.2 Å². The first-order valence-electron chi connectivity index (χ1n) is 14.5. The maximum Gasteiger partial charge on any atom is 0.393 e. The summed E-state index contributed by atoms with van der Waals surface area (Å²) < 4.78 is 94.0. The van der Waals surface area contributed by atoms with Gasteiger partial charge < -0.3 is 35.6 Å². The summed E-state index contributed by atoms with van der Waals surface area (Å²) in [4.78, 5) is 1.99. The topological polar surface area (TPSA) is 98.3 Å². The van der Waals surface area contributed by atoms with Crippen LogP contribution in [-0.2, 0) is 11.2 Å². The van der Waals surface area contributed by atoms with Crippen molar-refractivity contribution in [1.29, 1.82) is 0 Å². The normalized spacial score (nSPS) is 17.8. The number of ether oxygens (including phenoxy) is 2. The molecule has 1 fully saturated rings. The number of likely N-dealkylation sites (tertiary alicyclic amines) is 1. The van der Waals surface area contributed by atoms with Crippen LogP contribution in [0.15, 0.2) is 30.3 Å². The average molecular weight is 675 g/mol. The van der Waals surface area contributed by atoms with Crippen LogP contribution >= 0.6 is 11.3 Å². The number of piperidine rings is 1. The van der Waals surface area contributed by atoms with Crippen molar-refractivity contribution < 1.29 is 46.0 Å². The molecule has 3 aromatic rings. The van der Waals surface area contributed by atoms with Gasteiger partial charge >= 0.3 is 6.18 Å². The summed E-state index contributed by atoms with van der Waals surface area (Å²) in [5.41, 5.74) is 0.564. The van der Waals surface area contributed by atoms with Gasteiger partial charge in [0, 0.05) is 45.4 Å². The Morgan fingerprint density at radius 2 is 1.98 bits per heavy atom. The van der Waals surface area contributed by atoms with Gasteiger partial charge in [-0.1, -0.05) is 24.0 Å². The zero-order valence-electron chi connectivity index (χ0n) is 25.0. The number of alkyl halides is 5. The van der Waals surface area contributed by atoms with Crippen LogP contribution in [0.25, 0.3) is 10.1 Å². The summed E-state index contributed by atoms with van der Waals surface area (Å²) in [6.07, 6.45) is -7.34. The summed E-state index contributed by atoms with van der Waals surface area (Å²) in [6.45, 7) is -0.492. The maximum absolute atomic E-state index is 15.2. The molecule has 1 aliphatic heterocycles. The number of nitrogens with zero attached hydrogens (tertiary/aromatic N) is 1. The smallest absolute Gasteiger partial charge is 0.393 e. The lowest BCUT2D eigenvalue weighted by Crippen LogP contribution is -2.50. The van der Waals surface area contributed by atoms with E-state index in [9.17, 15) is 27.1 Å². The Balaban J connectivity index is 1.54. The molecule has 46 heavy (non-hydrogen) atoms. The van der Waals surface area contributed by atoms with Crippen LogP contribution < -0.4 is 20.7 Å². The predicted molar refractivity (Wildman–Crippen MR) is 167 cm³/mol. The molecule has 1 aromatic heterocycles. The number of β-amino-alcohol motifs (C(OH)–C–C–N with tert-alkyl or cyclic N) is 1. The van der Waals surface area contributed by atoms with Gasteiger partial charge in [-0.2, -0.15) is 13.2 Å². The Morgan fingerprint density at radius 1 is 1.17 bits per heavy atom. The first-order valence-corrected chi connectivity index (χ1v) is 15.4. The van der Waals surface area contributed by atoms with Crippen LogP contribution in [0.4, 0.5) is 43.4 Å². The minimum atomic E-state index is -4.52. The van der Waals surface area contributed by atoms with E-state index in [0.717, 1.165) is 17.4 Å². The molecule has 5 N–H and O–H groups in total. The maximum atomic E-state index is 15.2. The highest BCUT2D eigenvalue weighted by atomic mass is 32.1. The number of halogens is 6. The van der Waals surface area contributed by atoms with Crippen molar-refractivity contribution in [3.05, 3.63) is 46.6 Å². The van der Waals surface area contributed by atoms with Crippen molar-refractivity contribution >= 4 is 38.5 Å². The minimum absolute atomic E-state index is 0.00537.